The maximum Gasteiger partial charge on any atom is 0.224 e. The number of anilines is 3. The van der Waals surface area contributed by atoms with E-state index in [1.165, 1.54) is 5.56 Å². The molecule has 1 heterocycles. The molecule has 0 bridgehead atoms. The highest BCUT2D eigenvalue weighted by atomic mass is 16.5. The minimum absolute atomic E-state index is 0.504. The smallest absolute Gasteiger partial charge is 0.224 e. The van der Waals surface area contributed by atoms with Crippen LogP contribution in [0, 0.1) is 0 Å². The predicted molar refractivity (Wildman–Crippen MR) is 113 cm³/mol. The fourth-order valence-electron chi connectivity index (χ4n) is 2.62. The third-order valence-corrected chi connectivity index (χ3v) is 4.22. The van der Waals surface area contributed by atoms with Gasteiger partial charge in [0.2, 0.25) is 5.95 Å². The zero-order valence-electron chi connectivity index (χ0n) is 16.5. The van der Waals surface area contributed by atoms with E-state index in [-0.39, 0.29) is 0 Å². The van der Waals surface area contributed by atoms with Crippen LogP contribution in [0.25, 0.3) is 0 Å². The average Bonchev–Trinajstić information content (AvgIpc) is 2.72. The maximum absolute atomic E-state index is 5.69. The minimum atomic E-state index is 0.504. The summed E-state index contributed by atoms with van der Waals surface area (Å²) in [5.74, 6) is 3.42. The monoisotopic (exact) mass is 378 g/mol. The first-order valence-corrected chi connectivity index (χ1v) is 9.35. The zero-order chi connectivity index (χ0) is 19.8. The highest BCUT2D eigenvalue weighted by Gasteiger charge is 2.02. The second-order valence-corrected chi connectivity index (χ2v) is 6.62. The number of rotatable bonds is 9. The Balaban J connectivity index is 1.48. The summed E-state index contributed by atoms with van der Waals surface area (Å²) in [4.78, 5) is 8.74. The largest absolute Gasteiger partial charge is 0.497 e. The van der Waals surface area contributed by atoms with Crippen LogP contribution in [0.1, 0.15) is 25.3 Å². The SMILES string of the molecule is COc1ccc(OCCNc2nccc(Nc3ccc(C(C)C)cc3)n2)cc1. The molecule has 0 aliphatic heterocycles. The third kappa shape index (κ3) is 5.61. The van der Waals surface area contributed by atoms with Crippen LogP contribution in [-0.4, -0.2) is 30.2 Å². The molecule has 6 heteroatoms. The van der Waals surface area contributed by atoms with Crippen LogP contribution in [0.4, 0.5) is 17.5 Å². The van der Waals surface area contributed by atoms with Gasteiger partial charge in [0, 0.05) is 11.9 Å². The zero-order valence-corrected chi connectivity index (χ0v) is 16.5. The summed E-state index contributed by atoms with van der Waals surface area (Å²) >= 11 is 0. The van der Waals surface area contributed by atoms with Crippen molar-refractivity contribution in [3.63, 3.8) is 0 Å². The second-order valence-electron chi connectivity index (χ2n) is 6.62. The highest BCUT2D eigenvalue weighted by molar-refractivity contribution is 5.57. The quantitative estimate of drug-likeness (QED) is 0.519. The molecule has 3 aromatic rings. The molecule has 2 aromatic carbocycles. The van der Waals surface area contributed by atoms with E-state index in [1.54, 1.807) is 13.3 Å². The van der Waals surface area contributed by atoms with Gasteiger partial charge in [-0.25, -0.2) is 4.98 Å². The van der Waals surface area contributed by atoms with Crippen molar-refractivity contribution in [3.8, 4) is 11.5 Å². The van der Waals surface area contributed by atoms with Crippen molar-refractivity contribution in [2.75, 3.05) is 30.9 Å². The van der Waals surface area contributed by atoms with E-state index in [0.717, 1.165) is 23.0 Å². The molecule has 1 aromatic heterocycles. The molecule has 0 amide bonds. The van der Waals surface area contributed by atoms with Crippen molar-refractivity contribution in [3.05, 3.63) is 66.4 Å². The second kappa shape index (κ2) is 9.60. The number of hydrogen-bond donors (Lipinski definition) is 2. The molecule has 0 spiro atoms. The molecule has 146 valence electrons. The molecular formula is C22H26N4O2. The molecule has 6 nitrogen and oxygen atoms in total. The van der Waals surface area contributed by atoms with Crippen LogP contribution in [-0.2, 0) is 0 Å². The summed E-state index contributed by atoms with van der Waals surface area (Å²) in [5.41, 5.74) is 2.31. The average molecular weight is 378 g/mol. The summed E-state index contributed by atoms with van der Waals surface area (Å²) in [5, 5.41) is 6.48. The number of benzene rings is 2. The predicted octanol–water partition coefficient (Wildman–Crippen LogP) is 4.84. The third-order valence-electron chi connectivity index (χ3n) is 4.22. The maximum atomic E-state index is 5.69. The van der Waals surface area contributed by atoms with Crippen molar-refractivity contribution in [2.45, 2.75) is 19.8 Å². The fourth-order valence-corrected chi connectivity index (χ4v) is 2.62. The van der Waals surface area contributed by atoms with Gasteiger partial charge in [0.15, 0.2) is 0 Å². The van der Waals surface area contributed by atoms with E-state index in [9.17, 15) is 0 Å². The lowest BCUT2D eigenvalue weighted by atomic mass is 10.0. The molecule has 0 saturated carbocycles. The Morgan fingerprint density at radius 1 is 0.929 bits per heavy atom. The van der Waals surface area contributed by atoms with Crippen molar-refractivity contribution in [1.82, 2.24) is 9.97 Å². The van der Waals surface area contributed by atoms with Gasteiger partial charge >= 0.3 is 0 Å². The topological polar surface area (TPSA) is 68.3 Å². The first-order chi connectivity index (χ1) is 13.6. The Kier molecular flexibility index (Phi) is 6.68. The van der Waals surface area contributed by atoms with E-state index in [1.807, 2.05) is 30.3 Å². The summed E-state index contributed by atoms with van der Waals surface area (Å²) in [6.45, 7) is 5.47. The standard InChI is InChI=1S/C22H26N4O2/c1-16(2)17-4-6-18(7-5-17)25-21-12-13-23-22(26-21)24-14-15-28-20-10-8-19(27-3)9-11-20/h4-13,16H,14-15H2,1-3H3,(H2,23,24,25,26). The van der Waals surface area contributed by atoms with Crippen LogP contribution >= 0.6 is 0 Å². The molecule has 0 aliphatic rings. The molecule has 0 saturated heterocycles. The Morgan fingerprint density at radius 2 is 1.64 bits per heavy atom. The number of nitrogens with one attached hydrogen (secondary N) is 2. The van der Waals surface area contributed by atoms with Gasteiger partial charge in [0.1, 0.15) is 23.9 Å². The first kappa shape index (κ1) is 19.5. The highest BCUT2D eigenvalue weighted by Crippen LogP contribution is 2.20. The van der Waals surface area contributed by atoms with Crippen LogP contribution in [0.5, 0.6) is 11.5 Å². The molecule has 0 unspecified atom stereocenters. The normalized spacial score (nSPS) is 10.6. The Morgan fingerprint density at radius 3 is 2.32 bits per heavy atom. The number of aromatic nitrogens is 2. The van der Waals surface area contributed by atoms with Crippen molar-refractivity contribution >= 4 is 17.5 Å². The first-order valence-electron chi connectivity index (χ1n) is 9.35. The lowest BCUT2D eigenvalue weighted by Gasteiger charge is -2.11. The van der Waals surface area contributed by atoms with Gasteiger partial charge in [-0.3, -0.25) is 0 Å². The van der Waals surface area contributed by atoms with E-state index in [4.69, 9.17) is 9.47 Å². The Hall–Kier alpha value is -3.28. The Bertz CT molecular complexity index is 864. The van der Waals surface area contributed by atoms with Crippen molar-refractivity contribution < 1.29 is 9.47 Å². The summed E-state index contributed by atoms with van der Waals surface area (Å²) in [6.07, 6.45) is 1.73. The van der Waals surface area contributed by atoms with Crippen LogP contribution < -0.4 is 20.1 Å². The number of ether oxygens (including phenoxy) is 2. The summed E-state index contributed by atoms with van der Waals surface area (Å²) < 4.78 is 10.8. The molecular weight excluding hydrogens is 352 g/mol. The van der Waals surface area contributed by atoms with E-state index >= 15 is 0 Å². The summed E-state index contributed by atoms with van der Waals surface area (Å²) in [7, 11) is 1.64. The van der Waals surface area contributed by atoms with E-state index < -0.39 is 0 Å². The number of hydrogen-bond acceptors (Lipinski definition) is 6. The summed E-state index contributed by atoms with van der Waals surface area (Å²) in [6, 6.07) is 17.7. The van der Waals surface area contributed by atoms with Gasteiger partial charge in [-0.2, -0.15) is 4.98 Å². The van der Waals surface area contributed by atoms with E-state index in [2.05, 4.69) is 58.7 Å². The molecule has 28 heavy (non-hydrogen) atoms. The van der Waals surface area contributed by atoms with Crippen LogP contribution in [0.2, 0.25) is 0 Å². The molecule has 0 radical (unpaired) electrons. The van der Waals surface area contributed by atoms with Gasteiger partial charge in [-0.1, -0.05) is 26.0 Å². The van der Waals surface area contributed by atoms with Crippen molar-refractivity contribution in [1.29, 1.82) is 0 Å². The lowest BCUT2D eigenvalue weighted by Crippen LogP contribution is -2.13. The van der Waals surface area contributed by atoms with Crippen LogP contribution in [0.3, 0.4) is 0 Å². The molecule has 0 fully saturated rings. The molecule has 0 atom stereocenters. The Labute approximate surface area is 166 Å². The fraction of sp³-hybridized carbons (Fsp3) is 0.273. The van der Waals surface area contributed by atoms with Crippen molar-refractivity contribution in [2.24, 2.45) is 0 Å². The van der Waals surface area contributed by atoms with Crippen LogP contribution in [0.15, 0.2) is 60.8 Å². The van der Waals surface area contributed by atoms with Gasteiger partial charge in [0.25, 0.3) is 0 Å². The van der Waals surface area contributed by atoms with E-state index in [0.29, 0.717) is 25.0 Å². The van der Waals surface area contributed by atoms with Gasteiger partial charge < -0.3 is 20.1 Å². The van der Waals surface area contributed by atoms with Gasteiger partial charge in [0.05, 0.1) is 13.7 Å². The lowest BCUT2D eigenvalue weighted by molar-refractivity contribution is 0.331. The molecule has 3 rings (SSSR count). The van der Waals surface area contributed by atoms with Gasteiger partial charge in [-0.15, -0.1) is 0 Å². The molecule has 0 aliphatic carbocycles. The minimum Gasteiger partial charge on any atom is -0.497 e. The molecule has 2 N–H and O–H groups in total. The number of nitrogens with zero attached hydrogens (tertiary/aromatic N) is 2. The van der Waals surface area contributed by atoms with Gasteiger partial charge in [-0.05, 0) is 53.9 Å². The number of methoxy groups -OCH3 is 1.